The predicted molar refractivity (Wildman–Crippen MR) is 125 cm³/mol. The van der Waals surface area contributed by atoms with Gasteiger partial charge in [-0.1, -0.05) is 23.5 Å². The van der Waals surface area contributed by atoms with Crippen LogP contribution in [0.5, 0.6) is 11.5 Å². The summed E-state index contributed by atoms with van der Waals surface area (Å²) in [5.74, 6) is 0.859. The van der Waals surface area contributed by atoms with Crippen molar-refractivity contribution < 1.29 is 14.3 Å². The Balaban J connectivity index is 1.27. The molecule has 1 fully saturated rings. The van der Waals surface area contributed by atoms with Gasteiger partial charge in [-0.05, 0) is 36.8 Å². The molecule has 164 valence electrons. The number of nitrogens with one attached hydrogen (secondary N) is 1. The summed E-state index contributed by atoms with van der Waals surface area (Å²) in [4.78, 5) is 22.1. The van der Waals surface area contributed by atoms with Gasteiger partial charge in [0.15, 0.2) is 16.6 Å². The third kappa shape index (κ3) is 4.75. The number of anilines is 1. The predicted octanol–water partition coefficient (Wildman–Crippen LogP) is 3.17. The Hall–Kier alpha value is -2.84. The highest BCUT2D eigenvalue weighted by Gasteiger charge is 2.20. The molecule has 1 N–H and O–H groups in total. The van der Waals surface area contributed by atoms with Gasteiger partial charge in [-0.3, -0.25) is 9.69 Å². The van der Waals surface area contributed by atoms with Crippen molar-refractivity contribution in [3.05, 3.63) is 47.5 Å². The Morgan fingerprint density at radius 3 is 2.68 bits per heavy atom. The van der Waals surface area contributed by atoms with Crippen LogP contribution in [0.4, 0.5) is 5.13 Å². The van der Waals surface area contributed by atoms with E-state index in [4.69, 9.17) is 14.5 Å². The maximum absolute atomic E-state index is 12.6. The number of ether oxygens (including phenoxy) is 2. The third-order valence-electron chi connectivity index (χ3n) is 5.54. The number of fused-ring (bicyclic) bond motifs is 1. The van der Waals surface area contributed by atoms with Crippen LogP contribution in [0.2, 0.25) is 0 Å². The summed E-state index contributed by atoms with van der Waals surface area (Å²) >= 11 is 1.76. The molecule has 1 aliphatic rings. The van der Waals surface area contributed by atoms with Crippen molar-refractivity contribution in [1.82, 2.24) is 15.2 Å². The average Bonchev–Trinajstić information content (AvgIpc) is 3.22. The number of benzene rings is 2. The molecule has 1 aliphatic heterocycles. The largest absolute Gasteiger partial charge is 0.493 e. The van der Waals surface area contributed by atoms with Crippen LogP contribution in [0.15, 0.2) is 36.4 Å². The summed E-state index contributed by atoms with van der Waals surface area (Å²) in [6.07, 6.45) is 0. The second-order valence-corrected chi connectivity index (χ2v) is 8.60. The van der Waals surface area contributed by atoms with Crippen LogP contribution in [0, 0.1) is 6.92 Å². The van der Waals surface area contributed by atoms with Crippen LogP contribution in [0.25, 0.3) is 10.2 Å². The van der Waals surface area contributed by atoms with E-state index < -0.39 is 0 Å². The van der Waals surface area contributed by atoms with Crippen LogP contribution in [-0.2, 0) is 0 Å². The molecule has 0 bridgehead atoms. The number of carbonyl (C=O) groups excluding carboxylic acids is 1. The standard InChI is InChI=1S/C23H28N4O3S/c1-16-7-8-18-20(15-16)31-23(25-18)27-13-11-26(12-14-27)10-9-24-22(28)17-5-4-6-19(29-2)21(17)30-3/h4-8,15H,9-14H2,1-3H3,(H,24,28). The van der Waals surface area contributed by atoms with Gasteiger partial charge in [-0.2, -0.15) is 0 Å². The zero-order valence-corrected chi connectivity index (χ0v) is 19.0. The first-order valence-corrected chi connectivity index (χ1v) is 11.2. The van der Waals surface area contributed by atoms with E-state index in [2.05, 4.69) is 40.2 Å². The summed E-state index contributed by atoms with van der Waals surface area (Å²) in [6, 6.07) is 11.7. The number of para-hydroxylation sites is 1. The van der Waals surface area contributed by atoms with Gasteiger partial charge in [-0.25, -0.2) is 4.98 Å². The highest BCUT2D eigenvalue weighted by Crippen LogP contribution is 2.31. The molecule has 0 unspecified atom stereocenters. The van der Waals surface area contributed by atoms with Gasteiger partial charge in [0.2, 0.25) is 0 Å². The highest BCUT2D eigenvalue weighted by atomic mass is 32.1. The number of methoxy groups -OCH3 is 2. The molecule has 1 aromatic heterocycles. The molecule has 2 heterocycles. The van der Waals surface area contributed by atoms with Gasteiger partial charge in [0.1, 0.15) is 0 Å². The van der Waals surface area contributed by atoms with Gasteiger partial charge in [-0.15, -0.1) is 0 Å². The topological polar surface area (TPSA) is 66.9 Å². The van der Waals surface area contributed by atoms with E-state index in [0.717, 1.165) is 43.4 Å². The van der Waals surface area contributed by atoms with Crippen molar-refractivity contribution in [3.63, 3.8) is 0 Å². The Morgan fingerprint density at radius 1 is 1.13 bits per heavy atom. The molecule has 31 heavy (non-hydrogen) atoms. The van der Waals surface area contributed by atoms with Gasteiger partial charge in [0.25, 0.3) is 5.91 Å². The van der Waals surface area contributed by atoms with E-state index in [1.165, 1.54) is 10.3 Å². The van der Waals surface area contributed by atoms with E-state index in [9.17, 15) is 4.79 Å². The van der Waals surface area contributed by atoms with Crippen LogP contribution in [0.1, 0.15) is 15.9 Å². The zero-order chi connectivity index (χ0) is 21.8. The van der Waals surface area contributed by atoms with Crippen LogP contribution < -0.4 is 19.7 Å². The van der Waals surface area contributed by atoms with Gasteiger partial charge < -0.3 is 19.7 Å². The van der Waals surface area contributed by atoms with Crippen LogP contribution >= 0.6 is 11.3 Å². The van der Waals surface area contributed by atoms with Crippen molar-refractivity contribution in [2.45, 2.75) is 6.92 Å². The number of amides is 1. The van der Waals surface area contributed by atoms with Crippen molar-refractivity contribution in [1.29, 1.82) is 0 Å². The minimum absolute atomic E-state index is 0.154. The second-order valence-electron chi connectivity index (χ2n) is 7.59. The number of aromatic nitrogens is 1. The molecule has 0 spiro atoms. The van der Waals surface area contributed by atoms with E-state index in [-0.39, 0.29) is 5.91 Å². The smallest absolute Gasteiger partial charge is 0.255 e. The fraction of sp³-hybridized carbons (Fsp3) is 0.391. The van der Waals surface area contributed by atoms with Crippen molar-refractivity contribution >= 4 is 32.6 Å². The Kier molecular flexibility index (Phi) is 6.58. The SMILES string of the molecule is COc1cccc(C(=O)NCCN2CCN(c3nc4ccc(C)cc4s3)CC2)c1OC. The van der Waals surface area contributed by atoms with E-state index in [0.29, 0.717) is 23.6 Å². The van der Waals surface area contributed by atoms with Crippen molar-refractivity contribution in [2.75, 3.05) is 58.4 Å². The number of hydrogen-bond donors (Lipinski definition) is 1. The first-order chi connectivity index (χ1) is 15.1. The van der Waals surface area contributed by atoms with Crippen LogP contribution in [-0.4, -0.2) is 69.3 Å². The summed E-state index contributed by atoms with van der Waals surface area (Å²) in [5.41, 5.74) is 2.82. The molecular formula is C23H28N4O3S. The monoisotopic (exact) mass is 440 g/mol. The number of piperazine rings is 1. The molecular weight excluding hydrogens is 412 g/mol. The summed E-state index contributed by atoms with van der Waals surface area (Å²) < 4.78 is 11.9. The lowest BCUT2D eigenvalue weighted by Gasteiger charge is -2.34. The molecule has 1 saturated heterocycles. The number of aryl methyl sites for hydroxylation is 1. The molecule has 0 saturated carbocycles. The summed E-state index contributed by atoms with van der Waals surface area (Å²) in [6.45, 7) is 7.29. The quantitative estimate of drug-likeness (QED) is 0.609. The fourth-order valence-electron chi connectivity index (χ4n) is 3.81. The Bertz CT molecular complexity index is 1060. The molecule has 0 atom stereocenters. The second kappa shape index (κ2) is 9.53. The van der Waals surface area contributed by atoms with E-state index >= 15 is 0 Å². The van der Waals surface area contributed by atoms with Gasteiger partial charge >= 0.3 is 0 Å². The lowest BCUT2D eigenvalue weighted by atomic mass is 10.1. The fourth-order valence-corrected chi connectivity index (χ4v) is 4.92. The molecule has 3 aromatic rings. The normalized spacial score (nSPS) is 14.6. The highest BCUT2D eigenvalue weighted by molar-refractivity contribution is 7.22. The number of thiazole rings is 1. The number of hydrogen-bond acceptors (Lipinski definition) is 7. The molecule has 0 aliphatic carbocycles. The van der Waals surface area contributed by atoms with Crippen LogP contribution in [0.3, 0.4) is 0 Å². The maximum atomic E-state index is 12.6. The molecule has 1 amide bonds. The number of nitrogens with zero attached hydrogens (tertiary/aromatic N) is 3. The summed E-state index contributed by atoms with van der Waals surface area (Å²) in [7, 11) is 3.11. The number of carbonyl (C=O) groups is 1. The lowest BCUT2D eigenvalue weighted by Crippen LogP contribution is -2.48. The first-order valence-electron chi connectivity index (χ1n) is 10.4. The van der Waals surface area contributed by atoms with Gasteiger partial charge in [0, 0.05) is 39.3 Å². The number of rotatable bonds is 7. The molecule has 7 nitrogen and oxygen atoms in total. The Labute approximate surface area is 186 Å². The average molecular weight is 441 g/mol. The van der Waals surface area contributed by atoms with Gasteiger partial charge in [0.05, 0.1) is 30.0 Å². The Morgan fingerprint density at radius 2 is 1.94 bits per heavy atom. The summed E-state index contributed by atoms with van der Waals surface area (Å²) in [5, 5.41) is 4.09. The molecule has 2 aromatic carbocycles. The molecule has 8 heteroatoms. The minimum Gasteiger partial charge on any atom is -0.493 e. The molecule has 4 rings (SSSR count). The van der Waals surface area contributed by atoms with Crippen molar-refractivity contribution in [3.8, 4) is 11.5 Å². The zero-order valence-electron chi connectivity index (χ0n) is 18.2. The molecule has 0 radical (unpaired) electrons. The lowest BCUT2D eigenvalue weighted by molar-refractivity contribution is 0.0944. The minimum atomic E-state index is -0.154. The van der Waals surface area contributed by atoms with E-state index in [1.54, 1.807) is 43.8 Å². The first kappa shape index (κ1) is 21.4. The third-order valence-corrected chi connectivity index (χ3v) is 6.62. The van der Waals surface area contributed by atoms with Crippen molar-refractivity contribution in [2.24, 2.45) is 0 Å². The van der Waals surface area contributed by atoms with E-state index in [1.807, 2.05) is 0 Å². The maximum Gasteiger partial charge on any atom is 0.255 e.